The van der Waals surface area contributed by atoms with Crippen LogP contribution in [0, 0.1) is 0 Å². The highest BCUT2D eigenvalue weighted by Crippen LogP contribution is 2.25. The van der Waals surface area contributed by atoms with E-state index in [2.05, 4.69) is 22.2 Å². The van der Waals surface area contributed by atoms with Gasteiger partial charge in [-0.2, -0.15) is 0 Å². The zero-order chi connectivity index (χ0) is 14.4. The van der Waals surface area contributed by atoms with Gasteiger partial charge in [-0.25, -0.2) is 0 Å². The van der Waals surface area contributed by atoms with E-state index in [-0.39, 0.29) is 5.91 Å². The van der Waals surface area contributed by atoms with E-state index in [0.717, 1.165) is 71.4 Å². The molecule has 2 aliphatic rings. The molecule has 0 aromatic heterocycles. The van der Waals surface area contributed by atoms with Crippen LogP contribution in [0.2, 0.25) is 0 Å². The number of likely N-dealkylation sites (N-methyl/N-ethyl adjacent to an activating group) is 1. The van der Waals surface area contributed by atoms with Crippen LogP contribution in [-0.4, -0.2) is 67.6 Å². The molecule has 1 saturated carbocycles. The molecule has 3 N–H and O–H groups in total. The third-order valence-electron chi connectivity index (χ3n) is 4.73. The minimum atomic E-state index is -0.591. The maximum absolute atomic E-state index is 12.2. The molecule has 116 valence electrons. The number of carbonyl (C=O) groups excluding carboxylic acids is 1. The standard InChI is InChI=1S/C15H30N4O/c1-18-10-12-19(13-11-18)9-5-8-17-14(20)15(16)6-3-2-4-7-15/h2-13,16H2,1H3,(H,17,20). The van der Waals surface area contributed by atoms with Gasteiger partial charge < -0.3 is 20.9 Å². The molecular formula is C15H30N4O. The first-order chi connectivity index (χ1) is 9.60. The van der Waals surface area contributed by atoms with Gasteiger partial charge in [-0.3, -0.25) is 4.79 Å². The summed E-state index contributed by atoms with van der Waals surface area (Å²) in [6.45, 7) is 6.42. The van der Waals surface area contributed by atoms with Crippen molar-refractivity contribution in [2.24, 2.45) is 5.73 Å². The van der Waals surface area contributed by atoms with Gasteiger partial charge in [0.15, 0.2) is 0 Å². The van der Waals surface area contributed by atoms with E-state index >= 15 is 0 Å². The fraction of sp³-hybridized carbons (Fsp3) is 0.933. The highest BCUT2D eigenvalue weighted by atomic mass is 16.2. The van der Waals surface area contributed by atoms with E-state index in [9.17, 15) is 4.79 Å². The van der Waals surface area contributed by atoms with Crippen LogP contribution >= 0.6 is 0 Å². The Hall–Kier alpha value is -0.650. The number of carbonyl (C=O) groups is 1. The van der Waals surface area contributed by atoms with E-state index in [1.807, 2.05) is 0 Å². The number of nitrogens with two attached hydrogens (primary N) is 1. The van der Waals surface area contributed by atoms with Gasteiger partial charge >= 0.3 is 0 Å². The van der Waals surface area contributed by atoms with Gasteiger partial charge in [0.1, 0.15) is 0 Å². The van der Waals surface area contributed by atoms with E-state index in [1.54, 1.807) is 0 Å². The summed E-state index contributed by atoms with van der Waals surface area (Å²) in [4.78, 5) is 17.0. The van der Waals surface area contributed by atoms with Crippen LogP contribution in [0.5, 0.6) is 0 Å². The van der Waals surface area contributed by atoms with Crippen molar-refractivity contribution in [2.75, 3.05) is 46.3 Å². The first-order valence-electron chi connectivity index (χ1n) is 8.08. The van der Waals surface area contributed by atoms with Crippen molar-refractivity contribution in [1.29, 1.82) is 0 Å². The lowest BCUT2D eigenvalue weighted by Gasteiger charge is -2.33. The first kappa shape index (κ1) is 15.7. The lowest BCUT2D eigenvalue weighted by Crippen LogP contribution is -2.55. The zero-order valence-corrected chi connectivity index (χ0v) is 12.9. The van der Waals surface area contributed by atoms with Gasteiger partial charge in [0.2, 0.25) is 5.91 Å². The summed E-state index contributed by atoms with van der Waals surface area (Å²) in [6, 6.07) is 0. The second-order valence-electron chi connectivity index (χ2n) is 6.47. The van der Waals surface area contributed by atoms with Crippen molar-refractivity contribution >= 4 is 5.91 Å². The Morgan fingerprint density at radius 1 is 1.15 bits per heavy atom. The summed E-state index contributed by atoms with van der Waals surface area (Å²) in [5.41, 5.74) is 5.62. The molecule has 2 fully saturated rings. The monoisotopic (exact) mass is 282 g/mol. The average molecular weight is 282 g/mol. The predicted molar refractivity (Wildman–Crippen MR) is 81.6 cm³/mol. The summed E-state index contributed by atoms with van der Waals surface area (Å²) in [6.07, 6.45) is 6.10. The van der Waals surface area contributed by atoms with Crippen LogP contribution in [0.15, 0.2) is 0 Å². The van der Waals surface area contributed by atoms with E-state index in [0.29, 0.717) is 0 Å². The fourth-order valence-electron chi connectivity index (χ4n) is 3.16. The van der Waals surface area contributed by atoms with Crippen LogP contribution in [0.1, 0.15) is 38.5 Å². The Bertz CT molecular complexity index is 307. The summed E-state index contributed by atoms with van der Waals surface area (Å²) in [5.74, 6) is 0.0653. The van der Waals surface area contributed by atoms with Crippen LogP contribution in [0.4, 0.5) is 0 Å². The Kier molecular flexibility index (Phi) is 5.81. The average Bonchev–Trinajstić information content (AvgIpc) is 2.46. The molecule has 1 amide bonds. The maximum atomic E-state index is 12.2. The Morgan fingerprint density at radius 2 is 1.80 bits per heavy atom. The van der Waals surface area contributed by atoms with E-state index in [4.69, 9.17) is 5.73 Å². The number of hydrogen-bond donors (Lipinski definition) is 2. The molecule has 5 heteroatoms. The number of hydrogen-bond acceptors (Lipinski definition) is 4. The number of nitrogens with one attached hydrogen (secondary N) is 1. The van der Waals surface area contributed by atoms with Gasteiger partial charge in [0, 0.05) is 32.7 Å². The zero-order valence-electron chi connectivity index (χ0n) is 12.9. The second-order valence-corrected chi connectivity index (χ2v) is 6.47. The quantitative estimate of drug-likeness (QED) is 0.717. The third kappa shape index (κ3) is 4.43. The minimum Gasteiger partial charge on any atom is -0.354 e. The third-order valence-corrected chi connectivity index (χ3v) is 4.73. The number of rotatable bonds is 5. The first-order valence-corrected chi connectivity index (χ1v) is 8.08. The molecular weight excluding hydrogens is 252 g/mol. The topological polar surface area (TPSA) is 61.6 Å². The van der Waals surface area contributed by atoms with Crippen LogP contribution in [0.3, 0.4) is 0 Å². The van der Waals surface area contributed by atoms with Crippen molar-refractivity contribution in [2.45, 2.75) is 44.1 Å². The predicted octanol–water partition coefficient (Wildman–Crippen LogP) is 0.402. The van der Waals surface area contributed by atoms with E-state index in [1.165, 1.54) is 6.42 Å². The number of piperazine rings is 1. The molecule has 0 atom stereocenters. The highest BCUT2D eigenvalue weighted by molar-refractivity contribution is 5.86. The van der Waals surface area contributed by atoms with Crippen molar-refractivity contribution in [3.05, 3.63) is 0 Å². The molecule has 0 unspecified atom stereocenters. The van der Waals surface area contributed by atoms with E-state index < -0.39 is 5.54 Å². The van der Waals surface area contributed by atoms with Crippen molar-refractivity contribution in [3.8, 4) is 0 Å². The molecule has 2 rings (SSSR count). The lowest BCUT2D eigenvalue weighted by molar-refractivity contribution is -0.127. The van der Waals surface area contributed by atoms with Crippen molar-refractivity contribution in [1.82, 2.24) is 15.1 Å². The minimum absolute atomic E-state index is 0.0653. The molecule has 1 heterocycles. The van der Waals surface area contributed by atoms with Crippen LogP contribution in [-0.2, 0) is 4.79 Å². The van der Waals surface area contributed by atoms with Gasteiger partial charge in [-0.15, -0.1) is 0 Å². The maximum Gasteiger partial charge on any atom is 0.240 e. The van der Waals surface area contributed by atoms with Gasteiger partial charge in [0.05, 0.1) is 5.54 Å². The van der Waals surface area contributed by atoms with Crippen LogP contribution < -0.4 is 11.1 Å². The molecule has 5 nitrogen and oxygen atoms in total. The molecule has 0 aromatic rings. The number of nitrogens with zero attached hydrogens (tertiary/aromatic N) is 2. The summed E-state index contributed by atoms with van der Waals surface area (Å²) < 4.78 is 0. The van der Waals surface area contributed by atoms with Crippen molar-refractivity contribution < 1.29 is 4.79 Å². The van der Waals surface area contributed by atoms with Gasteiger partial charge in [-0.1, -0.05) is 19.3 Å². The molecule has 0 spiro atoms. The SMILES string of the molecule is CN1CCN(CCCNC(=O)C2(N)CCCCC2)CC1. The summed E-state index contributed by atoms with van der Waals surface area (Å²) >= 11 is 0. The second kappa shape index (κ2) is 7.38. The highest BCUT2D eigenvalue weighted by Gasteiger charge is 2.34. The largest absolute Gasteiger partial charge is 0.354 e. The normalized spacial score (nSPS) is 24.5. The fourth-order valence-corrected chi connectivity index (χ4v) is 3.16. The Morgan fingerprint density at radius 3 is 2.45 bits per heavy atom. The molecule has 0 bridgehead atoms. The molecule has 1 aliphatic carbocycles. The molecule has 1 aliphatic heterocycles. The molecule has 1 saturated heterocycles. The smallest absolute Gasteiger partial charge is 0.240 e. The number of amides is 1. The Balaban J connectivity index is 1.59. The summed E-state index contributed by atoms with van der Waals surface area (Å²) in [5, 5.41) is 3.04. The molecule has 0 aromatic carbocycles. The lowest BCUT2D eigenvalue weighted by atomic mass is 9.82. The summed E-state index contributed by atoms with van der Waals surface area (Å²) in [7, 11) is 2.17. The molecule has 0 radical (unpaired) electrons. The van der Waals surface area contributed by atoms with Gasteiger partial charge in [-0.05, 0) is 32.9 Å². The Labute approximate surface area is 122 Å². The van der Waals surface area contributed by atoms with Crippen LogP contribution in [0.25, 0.3) is 0 Å². The molecule has 20 heavy (non-hydrogen) atoms. The van der Waals surface area contributed by atoms with Gasteiger partial charge in [0.25, 0.3) is 0 Å². The van der Waals surface area contributed by atoms with Crippen molar-refractivity contribution in [3.63, 3.8) is 0 Å².